The predicted molar refractivity (Wildman–Crippen MR) is 96.5 cm³/mol. The standard InChI is InChI=1S/C16H24N4O.2ClH/c21-16(2-1-14-3-6-17-7-4-14)20-10-5-15(13-20)19-11-8-18-9-12-19;;/h3-4,6-7,15,18H,1-2,5,8-13H2;2*1H. The average molecular weight is 361 g/mol. The van der Waals surface area contributed by atoms with Crippen LogP contribution in [0.1, 0.15) is 18.4 Å². The van der Waals surface area contributed by atoms with E-state index < -0.39 is 0 Å². The summed E-state index contributed by atoms with van der Waals surface area (Å²) in [7, 11) is 0. The van der Waals surface area contributed by atoms with Crippen molar-refractivity contribution in [1.29, 1.82) is 0 Å². The molecule has 7 heteroatoms. The molecule has 3 heterocycles. The van der Waals surface area contributed by atoms with Crippen molar-refractivity contribution in [2.45, 2.75) is 25.3 Å². The number of hydrogen-bond donors (Lipinski definition) is 1. The van der Waals surface area contributed by atoms with Gasteiger partial charge in [0.05, 0.1) is 0 Å². The van der Waals surface area contributed by atoms with Gasteiger partial charge in [-0.25, -0.2) is 0 Å². The number of rotatable bonds is 4. The molecule has 0 saturated carbocycles. The minimum atomic E-state index is 0. The van der Waals surface area contributed by atoms with Crippen molar-refractivity contribution >= 4 is 30.7 Å². The third kappa shape index (κ3) is 5.60. The zero-order valence-corrected chi connectivity index (χ0v) is 15.0. The highest BCUT2D eigenvalue weighted by atomic mass is 35.5. The second-order valence-corrected chi connectivity index (χ2v) is 5.92. The molecule has 0 aliphatic carbocycles. The van der Waals surface area contributed by atoms with Gasteiger partial charge in [0.25, 0.3) is 0 Å². The summed E-state index contributed by atoms with van der Waals surface area (Å²) in [5, 5.41) is 3.38. The molecular formula is C16H26Cl2N4O. The van der Waals surface area contributed by atoms with E-state index in [0.29, 0.717) is 18.4 Å². The molecule has 0 radical (unpaired) electrons. The summed E-state index contributed by atoms with van der Waals surface area (Å²) in [6.07, 6.45) is 6.13. The van der Waals surface area contributed by atoms with Crippen LogP contribution in [0, 0.1) is 0 Å². The van der Waals surface area contributed by atoms with Crippen LogP contribution in [0.15, 0.2) is 24.5 Å². The van der Waals surface area contributed by atoms with Crippen LogP contribution in [-0.2, 0) is 11.2 Å². The number of pyridine rings is 1. The summed E-state index contributed by atoms with van der Waals surface area (Å²) in [6, 6.07) is 4.54. The van der Waals surface area contributed by atoms with Crippen molar-refractivity contribution in [2.24, 2.45) is 0 Å². The van der Waals surface area contributed by atoms with E-state index in [1.54, 1.807) is 12.4 Å². The summed E-state index contributed by atoms with van der Waals surface area (Å²) < 4.78 is 0. The Labute approximate surface area is 150 Å². The van der Waals surface area contributed by atoms with Crippen molar-refractivity contribution in [3.05, 3.63) is 30.1 Å². The first kappa shape index (κ1) is 20.2. The molecule has 1 aromatic heterocycles. The smallest absolute Gasteiger partial charge is 0.222 e. The topological polar surface area (TPSA) is 48.5 Å². The van der Waals surface area contributed by atoms with Gasteiger partial charge in [-0.15, -0.1) is 24.8 Å². The van der Waals surface area contributed by atoms with Gasteiger partial charge in [-0.2, -0.15) is 0 Å². The molecule has 0 bridgehead atoms. The first-order chi connectivity index (χ1) is 10.3. The van der Waals surface area contributed by atoms with Crippen LogP contribution in [0.4, 0.5) is 0 Å². The van der Waals surface area contributed by atoms with Gasteiger partial charge in [-0.05, 0) is 30.5 Å². The highest BCUT2D eigenvalue weighted by Gasteiger charge is 2.30. The van der Waals surface area contributed by atoms with Gasteiger partial charge >= 0.3 is 0 Å². The fourth-order valence-corrected chi connectivity index (χ4v) is 3.27. The minimum absolute atomic E-state index is 0. The van der Waals surface area contributed by atoms with Gasteiger partial charge in [0.2, 0.25) is 5.91 Å². The van der Waals surface area contributed by atoms with Gasteiger partial charge < -0.3 is 10.2 Å². The molecule has 2 saturated heterocycles. The van der Waals surface area contributed by atoms with E-state index in [-0.39, 0.29) is 24.8 Å². The number of nitrogens with zero attached hydrogens (tertiary/aromatic N) is 3. The van der Waals surface area contributed by atoms with Crippen LogP contribution in [0.3, 0.4) is 0 Å². The van der Waals surface area contributed by atoms with E-state index >= 15 is 0 Å². The number of carbonyl (C=O) groups is 1. The molecule has 1 aromatic rings. The van der Waals surface area contributed by atoms with Crippen LogP contribution in [-0.4, -0.2) is 66.0 Å². The molecule has 23 heavy (non-hydrogen) atoms. The number of nitrogens with one attached hydrogen (secondary N) is 1. The Bertz CT molecular complexity index is 468. The fourth-order valence-electron chi connectivity index (χ4n) is 3.27. The Kier molecular flexibility index (Phi) is 8.84. The molecule has 130 valence electrons. The number of aromatic nitrogens is 1. The lowest BCUT2D eigenvalue weighted by molar-refractivity contribution is -0.130. The lowest BCUT2D eigenvalue weighted by Gasteiger charge is -2.32. The second-order valence-electron chi connectivity index (χ2n) is 5.92. The Balaban J connectivity index is 0.00000132. The highest BCUT2D eigenvalue weighted by Crippen LogP contribution is 2.17. The first-order valence-corrected chi connectivity index (χ1v) is 7.94. The lowest BCUT2D eigenvalue weighted by Crippen LogP contribution is -2.49. The molecule has 0 aromatic carbocycles. The highest BCUT2D eigenvalue weighted by molar-refractivity contribution is 5.85. The van der Waals surface area contributed by atoms with E-state index in [1.165, 1.54) is 5.56 Å². The summed E-state index contributed by atoms with van der Waals surface area (Å²) >= 11 is 0. The normalized spacial score (nSPS) is 21.4. The molecule has 1 amide bonds. The van der Waals surface area contributed by atoms with Gasteiger partial charge in [0, 0.05) is 64.1 Å². The van der Waals surface area contributed by atoms with Crippen LogP contribution in [0.25, 0.3) is 0 Å². The average Bonchev–Trinajstić information content (AvgIpc) is 3.04. The fraction of sp³-hybridized carbons (Fsp3) is 0.625. The molecule has 2 aliphatic rings. The lowest BCUT2D eigenvalue weighted by atomic mass is 10.1. The maximum absolute atomic E-state index is 12.3. The Morgan fingerprint density at radius 1 is 1.17 bits per heavy atom. The number of aryl methyl sites for hydroxylation is 1. The number of carbonyl (C=O) groups excluding carboxylic acids is 1. The maximum atomic E-state index is 12.3. The summed E-state index contributed by atoms with van der Waals surface area (Å²) in [5.74, 6) is 0.296. The monoisotopic (exact) mass is 360 g/mol. The van der Waals surface area contributed by atoms with Gasteiger partial charge in [0.15, 0.2) is 0 Å². The van der Waals surface area contributed by atoms with E-state index in [0.717, 1.165) is 52.1 Å². The number of likely N-dealkylation sites (tertiary alicyclic amines) is 1. The summed E-state index contributed by atoms with van der Waals surface area (Å²) in [4.78, 5) is 20.9. The first-order valence-electron chi connectivity index (χ1n) is 7.94. The van der Waals surface area contributed by atoms with Crippen molar-refractivity contribution in [3.8, 4) is 0 Å². The minimum Gasteiger partial charge on any atom is -0.341 e. The molecule has 0 spiro atoms. The largest absolute Gasteiger partial charge is 0.341 e. The molecule has 1 unspecified atom stereocenters. The second kappa shape index (κ2) is 10.1. The molecule has 2 fully saturated rings. The van der Waals surface area contributed by atoms with Crippen LogP contribution >= 0.6 is 24.8 Å². The van der Waals surface area contributed by atoms with Crippen molar-refractivity contribution in [2.75, 3.05) is 39.3 Å². The zero-order valence-electron chi connectivity index (χ0n) is 13.3. The summed E-state index contributed by atoms with van der Waals surface area (Å²) in [6.45, 7) is 6.21. The van der Waals surface area contributed by atoms with Gasteiger partial charge in [-0.3, -0.25) is 14.7 Å². The van der Waals surface area contributed by atoms with Crippen LogP contribution in [0.5, 0.6) is 0 Å². The Morgan fingerprint density at radius 3 is 2.57 bits per heavy atom. The molecule has 5 nitrogen and oxygen atoms in total. The zero-order chi connectivity index (χ0) is 14.5. The van der Waals surface area contributed by atoms with E-state index in [9.17, 15) is 4.79 Å². The Hall–Kier alpha value is -0.880. The Morgan fingerprint density at radius 2 is 1.87 bits per heavy atom. The van der Waals surface area contributed by atoms with E-state index in [2.05, 4.69) is 15.2 Å². The van der Waals surface area contributed by atoms with E-state index in [4.69, 9.17) is 0 Å². The number of piperazine rings is 1. The predicted octanol–water partition coefficient (Wildman–Crippen LogP) is 1.36. The third-order valence-corrected chi connectivity index (χ3v) is 4.56. The van der Waals surface area contributed by atoms with Gasteiger partial charge in [0.1, 0.15) is 0 Å². The number of hydrogen-bond acceptors (Lipinski definition) is 4. The molecule has 1 N–H and O–H groups in total. The van der Waals surface area contributed by atoms with E-state index in [1.807, 2.05) is 17.0 Å². The molecule has 2 aliphatic heterocycles. The van der Waals surface area contributed by atoms with Crippen molar-refractivity contribution in [3.63, 3.8) is 0 Å². The third-order valence-electron chi connectivity index (χ3n) is 4.56. The van der Waals surface area contributed by atoms with Crippen molar-refractivity contribution < 1.29 is 4.79 Å². The molecule has 1 atom stereocenters. The van der Waals surface area contributed by atoms with Crippen molar-refractivity contribution in [1.82, 2.24) is 20.1 Å². The van der Waals surface area contributed by atoms with Crippen LogP contribution < -0.4 is 5.32 Å². The SMILES string of the molecule is Cl.Cl.O=C(CCc1ccncc1)N1CCC(N2CCNCC2)C1. The summed E-state index contributed by atoms with van der Waals surface area (Å²) in [5.41, 5.74) is 1.19. The number of halogens is 2. The van der Waals surface area contributed by atoms with Gasteiger partial charge in [-0.1, -0.05) is 0 Å². The maximum Gasteiger partial charge on any atom is 0.222 e. The molecular weight excluding hydrogens is 335 g/mol. The number of amides is 1. The molecule has 3 rings (SSSR count). The quantitative estimate of drug-likeness (QED) is 0.880. The van der Waals surface area contributed by atoms with Crippen LogP contribution in [0.2, 0.25) is 0 Å².